The first-order valence-electron chi connectivity index (χ1n) is 10.6. The lowest BCUT2D eigenvalue weighted by Crippen LogP contribution is -2.60. The van der Waals surface area contributed by atoms with Crippen molar-refractivity contribution in [3.8, 4) is 39.9 Å². The average molecular weight is 490 g/mol. The van der Waals surface area contributed by atoms with E-state index < -0.39 is 48.5 Å². The second-order valence-corrected chi connectivity index (χ2v) is 8.01. The van der Waals surface area contributed by atoms with Gasteiger partial charge in [0.25, 0.3) is 0 Å². The number of benzene rings is 2. The van der Waals surface area contributed by atoms with Gasteiger partial charge in [0.2, 0.25) is 18.5 Å². The van der Waals surface area contributed by atoms with Gasteiger partial charge in [-0.15, -0.1) is 0 Å². The van der Waals surface area contributed by atoms with Crippen molar-refractivity contribution >= 4 is 11.0 Å². The molecule has 0 radical (unpaired) electrons. The van der Waals surface area contributed by atoms with Crippen molar-refractivity contribution in [1.82, 2.24) is 0 Å². The van der Waals surface area contributed by atoms with Crippen molar-refractivity contribution in [2.45, 2.75) is 30.7 Å². The monoisotopic (exact) mass is 490 g/mol. The molecule has 0 spiro atoms. The molecule has 35 heavy (non-hydrogen) atoms. The average Bonchev–Trinajstić information content (AvgIpc) is 3.31. The van der Waals surface area contributed by atoms with E-state index in [1.165, 1.54) is 19.4 Å². The number of fused-ring (bicyclic) bond motifs is 2. The Kier molecular flexibility index (Phi) is 5.91. The highest BCUT2D eigenvalue weighted by molar-refractivity contribution is 5.89. The highest BCUT2D eigenvalue weighted by Gasteiger charge is 2.44. The maximum Gasteiger partial charge on any atom is 0.231 e. The number of phenols is 1. The second kappa shape index (κ2) is 8.91. The van der Waals surface area contributed by atoms with Gasteiger partial charge in [0, 0.05) is 23.8 Å². The molecule has 0 amide bonds. The summed E-state index contributed by atoms with van der Waals surface area (Å²) in [6, 6.07) is 5.56. The summed E-state index contributed by atoms with van der Waals surface area (Å²) in [5, 5.41) is 49.8. The number of aliphatic hydroxyl groups excluding tert-OH is 4. The SMILES string of the molecule is COc1cc2c(cc1-c1coc3cc(O[C@@H]4O[C@H](CO)[C@@H](O)[C@H](O)[C@H]4O)cc(O)c3c1=O)OCO2. The summed E-state index contributed by atoms with van der Waals surface area (Å²) in [7, 11) is 1.43. The van der Waals surface area contributed by atoms with E-state index in [2.05, 4.69) is 0 Å². The topological polar surface area (TPSA) is 178 Å². The number of phenolic OH excluding ortho intramolecular Hbond substituents is 1. The van der Waals surface area contributed by atoms with Crippen molar-refractivity contribution in [2.75, 3.05) is 20.5 Å². The van der Waals surface area contributed by atoms with Crippen LogP contribution in [0.1, 0.15) is 0 Å². The van der Waals surface area contributed by atoms with Gasteiger partial charge in [-0.25, -0.2) is 0 Å². The van der Waals surface area contributed by atoms with Gasteiger partial charge >= 0.3 is 0 Å². The van der Waals surface area contributed by atoms with Crippen LogP contribution in [0.25, 0.3) is 22.1 Å². The first-order valence-corrected chi connectivity index (χ1v) is 10.6. The molecule has 0 saturated carbocycles. The van der Waals surface area contributed by atoms with Crippen molar-refractivity contribution in [1.29, 1.82) is 0 Å². The summed E-state index contributed by atoms with van der Waals surface area (Å²) in [5.41, 5.74) is -0.114. The molecule has 5 atom stereocenters. The van der Waals surface area contributed by atoms with E-state index in [0.717, 1.165) is 6.07 Å². The molecular formula is C23H22O12. The van der Waals surface area contributed by atoms with Crippen LogP contribution in [0.3, 0.4) is 0 Å². The van der Waals surface area contributed by atoms with Gasteiger partial charge in [0.1, 0.15) is 58.9 Å². The normalized spacial score (nSPS) is 25.6. The molecule has 0 bridgehead atoms. The smallest absolute Gasteiger partial charge is 0.231 e. The third kappa shape index (κ3) is 3.90. The lowest BCUT2D eigenvalue weighted by molar-refractivity contribution is -0.277. The molecule has 0 aliphatic carbocycles. The van der Waals surface area contributed by atoms with E-state index in [1.54, 1.807) is 12.1 Å². The highest BCUT2D eigenvalue weighted by Crippen LogP contribution is 2.42. The van der Waals surface area contributed by atoms with E-state index >= 15 is 0 Å². The zero-order chi connectivity index (χ0) is 24.9. The lowest BCUT2D eigenvalue weighted by atomic mass is 9.99. The van der Waals surface area contributed by atoms with Gasteiger partial charge in [0.05, 0.1) is 19.3 Å². The van der Waals surface area contributed by atoms with Crippen molar-refractivity contribution in [2.24, 2.45) is 0 Å². The molecule has 1 saturated heterocycles. The van der Waals surface area contributed by atoms with E-state index in [-0.39, 0.29) is 29.1 Å². The lowest BCUT2D eigenvalue weighted by Gasteiger charge is -2.39. The molecule has 3 aromatic rings. The minimum absolute atomic E-state index is 0.0296. The Morgan fingerprint density at radius 2 is 1.74 bits per heavy atom. The van der Waals surface area contributed by atoms with Crippen LogP contribution in [0.5, 0.6) is 28.7 Å². The van der Waals surface area contributed by atoms with Gasteiger partial charge in [0.15, 0.2) is 11.5 Å². The molecule has 1 fully saturated rings. The van der Waals surface area contributed by atoms with Crippen LogP contribution in [-0.2, 0) is 4.74 Å². The molecule has 2 aliphatic rings. The van der Waals surface area contributed by atoms with Crippen LogP contribution in [0, 0.1) is 0 Å². The fourth-order valence-electron chi connectivity index (χ4n) is 4.06. The maximum atomic E-state index is 13.3. The number of hydrogen-bond donors (Lipinski definition) is 5. The van der Waals surface area contributed by atoms with E-state index in [9.17, 15) is 30.3 Å². The zero-order valence-corrected chi connectivity index (χ0v) is 18.3. The molecule has 5 rings (SSSR count). The fraction of sp³-hybridized carbons (Fsp3) is 0.348. The summed E-state index contributed by atoms with van der Waals surface area (Å²) in [6.07, 6.45) is -6.31. The van der Waals surface area contributed by atoms with Crippen molar-refractivity contribution in [3.05, 3.63) is 40.8 Å². The summed E-state index contributed by atoms with van der Waals surface area (Å²) in [5.74, 6) is 0.692. The first-order chi connectivity index (χ1) is 16.8. The molecule has 1 aromatic heterocycles. The van der Waals surface area contributed by atoms with Crippen LogP contribution in [0.4, 0.5) is 0 Å². The Bertz CT molecular complexity index is 1320. The van der Waals surface area contributed by atoms with Gasteiger partial charge in [-0.05, 0) is 6.07 Å². The summed E-state index contributed by atoms with van der Waals surface area (Å²) in [6.45, 7) is -0.596. The van der Waals surface area contributed by atoms with E-state index in [1.807, 2.05) is 0 Å². The molecule has 2 aromatic carbocycles. The molecule has 5 N–H and O–H groups in total. The minimum atomic E-state index is -1.65. The number of methoxy groups -OCH3 is 1. The van der Waals surface area contributed by atoms with Gasteiger partial charge in [-0.3, -0.25) is 4.79 Å². The maximum absolute atomic E-state index is 13.3. The van der Waals surface area contributed by atoms with Crippen LogP contribution in [0.15, 0.2) is 39.7 Å². The predicted molar refractivity (Wildman–Crippen MR) is 117 cm³/mol. The molecular weight excluding hydrogens is 468 g/mol. The highest BCUT2D eigenvalue weighted by atomic mass is 16.7. The van der Waals surface area contributed by atoms with Crippen molar-refractivity contribution in [3.63, 3.8) is 0 Å². The van der Waals surface area contributed by atoms with Gasteiger partial charge < -0.3 is 53.6 Å². The second-order valence-electron chi connectivity index (χ2n) is 8.01. The molecule has 0 unspecified atom stereocenters. The van der Waals surface area contributed by atoms with Crippen LogP contribution < -0.4 is 24.4 Å². The third-order valence-corrected chi connectivity index (χ3v) is 5.92. The number of aromatic hydroxyl groups is 1. The molecule has 186 valence electrons. The Morgan fingerprint density at radius 3 is 2.46 bits per heavy atom. The van der Waals surface area contributed by atoms with Crippen LogP contribution in [-0.4, -0.2) is 76.7 Å². The van der Waals surface area contributed by atoms with Gasteiger partial charge in [-0.1, -0.05) is 0 Å². The number of aliphatic hydroxyl groups is 4. The Morgan fingerprint density at radius 1 is 1.00 bits per heavy atom. The molecule has 12 nitrogen and oxygen atoms in total. The summed E-state index contributed by atoms with van der Waals surface area (Å²) < 4.78 is 32.5. The van der Waals surface area contributed by atoms with E-state index in [4.69, 9.17) is 28.1 Å². The third-order valence-electron chi connectivity index (χ3n) is 5.92. The predicted octanol–water partition coefficient (Wildman–Crippen LogP) is 0.0816. The summed E-state index contributed by atoms with van der Waals surface area (Å²) in [4.78, 5) is 13.3. The standard InChI is InChI=1S/C23H22O12/c1-30-13-5-15-14(32-8-33-15)4-10(13)11-7-31-16-3-9(2-12(25)18(16)19(11)26)34-23-22(29)21(28)20(27)17(6-24)35-23/h2-5,7,17,20-25,27-29H,6,8H2,1H3/t17-,20-,21+,22-,23-/m1/s1. The Balaban J connectivity index is 1.51. The molecule has 3 heterocycles. The quantitative estimate of drug-likeness (QED) is 0.326. The van der Waals surface area contributed by atoms with E-state index in [0.29, 0.717) is 22.8 Å². The Labute approximate surface area is 197 Å². The first kappa shape index (κ1) is 23.2. The Hall–Kier alpha value is -3.55. The number of rotatable bonds is 5. The largest absolute Gasteiger partial charge is 0.507 e. The number of hydrogen-bond acceptors (Lipinski definition) is 12. The molecule has 2 aliphatic heterocycles. The fourth-order valence-corrected chi connectivity index (χ4v) is 4.06. The summed E-state index contributed by atoms with van der Waals surface area (Å²) >= 11 is 0. The van der Waals surface area contributed by atoms with Gasteiger partial charge in [-0.2, -0.15) is 0 Å². The zero-order valence-electron chi connectivity index (χ0n) is 18.3. The van der Waals surface area contributed by atoms with Crippen LogP contribution in [0.2, 0.25) is 0 Å². The minimum Gasteiger partial charge on any atom is -0.507 e. The van der Waals surface area contributed by atoms with Crippen LogP contribution >= 0.6 is 0 Å². The molecule has 12 heteroatoms. The van der Waals surface area contributed by atoms with Crippen molar-refractivity contribution < 1.29 is 53.6 Å². The number of ether oxygens (including phenoxy) is 5.